The topological polar surface area (TPSA) is 17.1 Å². The van der Waals surface area contributed by atoms with Gasteiger partial charge < -0.3 is 0 Å². The molecule has 21 heavy (non-hydrogen) atoms. The average molecular weight is 290 g/mol. The van der Waals surface area contributed by atoms with Crippen LogP contribution in [-0.4, -0.2) is 5.78 Å². The van der Waals surface area contributed by atoms with Crippen LogP contribution in [0.4, 0.5) is 0 Å². The van der Waals surface area contributed by atoms with E-state index in [0.717, 1.165) is 30.6 Å². The van der Waals surface area contributed by atoms with E-state index < -0.39 is 0 Å². The Kier molecular flexibility index (Phi) is 3.78. The van der Waals surface area contributed by atoms with Crippen molar-refractivity contribution in [1.82, 2.24) is 0 Å². The number of carbonyl (C=O) groups excluding carboxylic acids is 1. The van der Waals surface area contributed by atoms with Gasteiger partial charge in [-0.15, -0.1) is 0 Å². The molecule has 3 aliphatic carbocycles. The number of hydrogen-bond acceptors (Lipinski definition) is 1. The summed E-state index contributed by atoms with van der Waals surface area (Å²) in [6.45, 7) is 12.0. The Morgan fingerprint density at radius 3 is 2.33 bits per heavy atom. The summed E-state index contributed by atoms with van der Waals surface area (Å²) in [5.41, 5.74) is 0.341. The molecule has 3 aliphatic rings. The lowest BCUT2D eigenvalue weighted by molar-refractivity contribution is -0.146. The molecule has 0 aromatic heterocycles. The highest BCUT2D eigenvalue weighted by Crippen LogP contribution is 2.59. The summed E-state index contributed by atoms with van der Waals surface area (Å²) in [6, 6.07) is 0. The van der Waals surface area contributed by atoms with E-state index in [1.165, 1.54) is 32.1 Å². The predicted octanol–water partition coefficient (Wildman–Crippen LogP) is 5.48. The third-order valence-corrected chi connectivity index (χ3v) is 8.11. The lowest BCUT2D eigenvalue weighted by atomic mass is 9.48. The van der Waals surface area contributed by atoms with Crippen molar-refractivity contribution in [2.24, 2.45) is 40.4 Å². The molecule has 3 rings (SSSR count). The maximum atomic E-state index is 13.2. The van der Waals surface area contributed by atoms with E-state index >= 15 is 0 Å². The maximum Gasteiger partial charge on any atom is 0.139 e. The van der Waals surface area contributed by atoms with Crippen LogP contribution in [0.15, 0.2) is 0 Å². The second kappa shape index (κ2) is 5.10. The molecule has 0 amide bonds. The average Bonchev–Trinajstić information content (AvgIpc) is 2.40. The van der Waals surface area contributed by atoms with Crippen molar-refractivity contribution in [3.05, 3.63) is 0 Å². The Balaban J connectivity index is 1.99. The van der Waals surface area contributed by atoms with Crippen molar-refractivity contribution in [2.75, 3.05) is 0 Å². The highest BCUT2D eigenvalue weighted by molar-refractivity contribution is 5.85. The van der Waals surface area contributed by atoms with Crippen LogP contribution >= 0.6 is 0 Å². The van der Waals surface area contributed by atoms with Crippen LogP contribution in [0.5, 0.6) is 0 Å². The van der Waals surface area contributed by atoms with Gasteiger partial charge in [-0.25, -0.2) is 0 Å². The first kappa shape index (κ1) is 15.6. The molecule has 0 spiro atoms. The molecule has 120 valence electrons. The fraction of sp³-hybridized carbons (Fsp3) is 0.950. The summed E-state index contributed by atoms with van der Waals surface area (Å²) >= 11 is 0. The van der Waals surface area contributed by atoms with Crippen LogP contribution in [0.3, 0.4) is 0 Å². The molecule has 6 atom stereocenters. The monoisotopic (exact) mass is 290 g/mol. The fourth-order valence-electron chi connectivity index (χ4n) is 6.34. The Bertz CT molecular complexity index is 424. The number of fused-ring (bicyclic) bond motifs is 3. The molecular formula is C20H34O. The number of carbonyl (C=O) groups is 1. The smallest absolute Gasteiger partial charge is 0.139 e. The molecule has 0 unspecified atom stereocenters. The van der Waals surface area contributed by atoms with Crippen molar-refractivity contribution < 1.29 is 4.79 Å². The van der Waals surface area contributed by atoms with E-state index in [9.17, 15) is 4.79 Å². The third kappa shape index (κ3) is 2.30. The predicted molar refractivity (Wildman–Crippen MR) is 88.0 cm³/mol. The summed E-state index contributed by atoms with van der Waals surface area (Å²) in [5.74, 6) is 4.14. The van der Waals surface area contributed by atoms with Gasteiger partial charge in [0.15, 0.2) is 0 Å². The second-order valence-electron chi connectivity index (χ2n) is 9.44. The van der Waals surface area contributed by atoms with Gasteiger partial charge in [-0.2, -0.15) is 0 Å². The molecule has 0 aromatic rings. The lowest BCUT2D eigenvalue weighted by Gasteiger charge is -2.56. The number of ketones is 1. The molecule has 0 radical (unpaired) electrons. The van der Waals surface area contributed by atoms with Crippen molar-refractivity contribution in [1.29, 1.82) is 0 Å². The minimum Gasteiger partial charge on any atom is -0.299 e. The molecule has 0 aliphatic heterocycles. The second-order valence-corrected chi connectivity index (χ2v) is 9.44. The van der Waals surface area contributed by atoms with Gasteiger partial charge in [0, 0.05) is 11.8 Å². The summed E-state index contributed by atoms with van der Waals surface area (Å²) < 4.78 is 0. The zero-order chi connectivity index (χ0) is 15.4. The van der Waals surface area contributed by atoms with Crippen molar-refractivity contribution in [3.8, 4) is 0 Å². The molecule has 0 aromatic carbocycles. The van der Waals surface area contributed by atoms with Crippen LogP contribution in [0, 0.1) is 40.4 Å². The Morgan fingerprint density at radius 1 is 0.952 bits per heavy atom. The molecule has 3 fully saturated rings. The van der Waals surface area contributed by atoms with Crippen molar-refractivity contribution in [2.45, 2.75) is 79.6 Å². The van der Waals surface area contributed by atoms with Gasteiger partial charge in [-0.05, 0) is 54.3 Å². The lowest BCUT2D eigenvalue weighted by Crippen LogP contribution is -2.52. The van der Waals surface area contributed by atoms with E-state index in [1.54, 1.807) is 0 Å². The van der Waals surface area contributed by atoms with Crippen LogP contribution in [0.2, 0.25) is 0 Å². The minimum atomic E-state index is -0.0122. The highest BCUT2D eigenvalue weighted by atomic mass is 16.1. The van der Waals surface area contributed by atoms with Crippen LogP contribution < -0.4 is 0 Å². The number of rotatable bonds is 0. The van der Waals surface area contributed by atoms with Crippen molar-refractivity contribution >= 4 is 5.78 Å². The SMILES string of the molecule is C[C@@H]1CCC[C@@]2(C)C(=O)C[C@H]3[C@H](C)CC[C@@H](C[C@H]12)C3(C)C. The van der Waals surface area contributed by atoms with Gasteiger partial charge in [-0.3, -0.25) is 4.79 Å². The van der Waals surface area contributed by atoms with E-state index in [2.05, 4.69) is 34.6 Å². The Morgan fingerprint density at radius 2 is 1.62 bits per heavy atom. The zero-order valence-electron chi connectivity index (χ0n) is 14.7. The molecule has 1 heteroatoms. The summed E-state index contributed by atoms with van der Waals surface area (Å²) in [7, 11) is 0. The molecule has 3 saturated carbocycles. The molecule has 0 N–H and O–H groups in total. The van der Waals surface area contributed by atoms with Gasteiger partial charge in [0.2, 0.25) is 0 Å². The summed E-state index contributed by atoms with van der Waals surface area (Å²) in [5, 5.41) is 0. The highest BCUT2D eigenvalue weighted by Gasteiger charge is 2.54. The molecule has 0 heterocycles. The number of Topliss-reactive ketones (excluding diaryl/α,β-unsaturated/α-hetero) is 1. The van der Waals surface area contributed by atoms with Gasteiger partial charge in [0.1, 0.15) is 5.78 Å². The summed E-state index contributed by atoms with van der Waals surface area (Å²) in [6.07, 6.45) is 8.62. The number of hydrogen-bond donors (Lipinski definition) is 0. The van der Waals surface area contributed by atoms with Gasteiger partial charge in [-0.1, -0.05) is 53.9 Å². The van der Waals surface area contributed by atoms with Crippen LogP contribution in [0.25, 0.3) is 0 Å². The molecule has 1 nitrogen and oxygen atoms in total. The van der Waals surface area contributed by atoms with Gasteiger partial charge >= 0.3 is 0 Å². The Hall–Kier alpha value is -0.330. The summed E-state index contributed by atoms with van der Waals surface area (Å²) in [4.78, 5) is 13.2. The van der Waals surface area contributed by atoms with Gasteiger partial charge in [0.05, 0.1) is 0 Å². The Labute approximate surface area is 131 Å². The first-order chi connectivity index (χ1) is 9.76. The van der Waals surface area contributed by atoms with Crippen molar-refractivity contribution in [3.63, 3.8) is 0 Å². The van der Waals surface area contributed by atoms with Gasteiger partial charge in [0.25, 0.3) is 0 Å². The van der Waals surface area contributed by atoms with E-state index in [1.807, 2.05) is 0 Å². The minimum absolute atomic E-state index is 0.0122. The normalized spacial score (nSPS) is 50.0. The molecular weight excluding hydrogens is 256 g/mol. The fourth-order valence-corrected chi connectivity index (χ4v) is 6.34. The van der Waals surface area contributed by atoms with E-state index in [-0.39, 0.29) is 5.41 Å². The molecule has 2 bridgehead atoms. The zero-order valence-corrected chi connectivity index (χ0v) is 14.7. The van der Waals surface area contributed by atoms with Crippen LogP contribution in [-0.2, 0) is 4.79 Å². The standard InChI is InChI=1S/C20H34O/c1-13-7-6-10-20(5)17(13)11-15-9-8-14(2)16(12-18(20)21)19(15,3)4/h13-17H,6-12H2,1-5H3/t13-,14-,15+,16+,17-,20-/m1/s1. The van der Waals surface area contributed by atoms with E-state index in [4.69, 9.17) is 0 Å². The molecule has 0 saturated heterocycles. The maximum absolute atomic E-state index is 13.2. The quantitative estimate of drug-likeness (QED) is 0.577. The first-order valence-electron chi connectivity index (χ1n) is 9.30. The first-order valence-corrected chi connectivity index (χ1v) is 9.30. The van der Waals surface area contributed by atoms with Crippen LogP contribution in [0.1, 0.15) is 79.6 Å². The third-order valence-electron chi connectivity index (χ3n) is 8.11. The van der Waals surface area contributed by atoms with E-state index in [0.29, 0.717) is 23.0 Å². The largest absolute Gasteiger partial charge is 0.299 e.